The number of pyridine rings is 3. The lowest BCUT2D eigenvalue weighted by Gasteiger charge is -2.09. The zero-order chi connectivity index (χ0) is 26.9. The number of carbonyl (C=O) groups is 1. The smallest absolute Gasteiger partial charge is 0.226 e. The Morgan fingerprint density at radius 1 is 1.10 bits per heavy atom. The summed E-state index contributed by atoms with van der Waals surface area (Å²) >= 11 is 0. The molecule has 0 bridgehead atoms. The summed E-state index contributed by atoms with van der Waals surface area (Å²) in [5, 5.41) is 10.1. The predicted octanol–water partition coefficient (Wildman–Crippen LogP) is 4.60. The highest BCUT2D eigenvalue weighted by molar-refractivity contribution is 5.96. The van der Waals surface area contributed by atoms with Crippen molar-refractivity contribution in [1.82, 2.24) is 35.1 Å². The van der Waals surface area contributed by atoms with Crippen molar-refractivity contribution < 1.29 is 9.18 Å². The SMILES string of the molecule is CC(C)C(=O)Nc1cncc(-c2cnc3n[nH]c(-c4nc5c([nH]4)CCN=C/C=C\5c4ccncc4)c3c2F)c1. The molecule has 0 aliphatic carbocycles. The highest BCUT2D eigenvalue weighted by Crippen LogP contribution is 2.34. The molecule has 6 heterocycles. The summed E-state index contributed by atoms with van der Waals surface area (Å²) in [6, 6.07) is 5.49. The Labute approximate surface area is 222 Å². The number of amides is 1. The topological polar surface area (TPSA) is 137 Å². The van der Waals surface area contributed by atoms with E-state index >= 15 is 4.39 Å². The molecule has 0 spiro atoms. The van der Waals surface area contributed by atoms with Crippen molar-refractivity contribution in [2.45, 2.75) is 20.3 Å². The van der Waals surface area contributed by atoms with Gasteiger partial charge in [-0.2, -0.15) is 5.10 Å². The summed E-state index contributed by atoms with van der Waals surface area (Å²) in [6.07, 6.45) is 12.2. The van der Waals surface area contributed by atoms with Gasteiger partial charge in [0.15, 0.2) is 11.5 Å². The first-order chi connectivity index (χ1) is 19.0. The fourth-order valence-corrected chi connectivity index (χ4v) is 4.42. The molecule has 0 unspecified atom stereocenters. The Balaban J connectivity index is 1.44. The van der Waals surface area contributed by atoms with Gasteiger partial charge in [0.2, 0.25) is 5.91 Å². The van der Waals surface area contributed by atoms with Gasteiger partial charge in [-0.3, -0.25) is 24.9 Å². The molecule has 194 valence electrons. The van der Waals surface area contributed by atoms with Gasteiger partial charge in [0.1, 0.15) is 11.5 Å². The minimum absolute atomic E-state index is 0.154. The van der Waals surface area contributed by atoms with Gasteiger partial charge in [-0.1, -0.05) is 13.8 Å². The van der Waals surface area contributed by atoms with Crippen LogP contribution in [0, 0.1) is 11.7 Å². The van der Waals surface area contributed by atoms with E-state index in [1.165, 1.54) is 18.6 Å². The molecule has 0 saturated carbocycles. The normalized spacial score (nSPS) is 14.5. The second-order valence-corrected chi connectivity index (χ2v) is 9.42. The Morgan fingerprint density at radius 2 is 1.95 bits per heavy atom. The van der Waals surface area contributed by atoms with E-state index in [4.69, 9.17) is 4.98 Å². The first kappa shape index (κ1) is 24.3. The van der Waals surface area contributed by atoms with Gasteiger partial charge in [0.25, 0.3) is 0 Å². The molecule has 1 aliphatic rings. The third-order valence-corrected chi connectivity index (χ3v) is 6.46. The first-order valence-corrected chi connectivity index (χ1v) is 12.5. The molecule has 0 radical (unpaired) electrons. The average molecular weight is 522 g/mol. The van der Waals surface area contributed by atoms with Gasteiger partial charge in [-0.15, -0.1) is 0 Å². The molecule has 1 amide bonds. The number of aromatic nitrogens is 7. The highest BCUT2D eigenvalue weighted by Gasteiger charge is 2.23. The highest BCUT2D eigenvalue weighted by atomic mass is 19.1. The van der Waals surface area contributed by atoms with Crippen LogP contribution in [0.25, 0.3) is 39.3 Å². The molecule has 5 aromatic heterocycles. The van der Waals surface area contributed by atoms with Crippen LogP contribution in [0.15, 0.2) is 60.3 Å². The van der Waals surface area contributed by atoms with Crippen LogP contribution in [0.4, 0.5) is 10.1 Å². The lowest BCUT2D eigenvalue weighted by atomic mass is 10.0. The molecular formula is C28H24FN9O. The fraction of sp³-hybridized carbons (Fsp3) is 0.179. The van der Waals surface area contributed by atoms with Crippen molar-refractivity contribution in [2.24, 2.45) is 10.9 Å². The van der Waals surface area contributed by atoms with Gasteiger partial charge in [0.05, 0.1) is 23.0 Å². The molecular weight excluding hydrogens is 497 g/mol. The third-order valence-electron chi connectivity index (χ3n) is 6.46. The van der Waals surface area contributed by atoms with E-state index in [1.807, 2.05) is 18.2 Å². The van der Waals surface area contributed by atoms with E-state index < -0.39 is 5.82 Å². The number of halogens is 1. The number of hydrogen-bond acceptors (Lipinski definition) is 7. The van der Waals surface area contributed by atoms with Crippen LogP contribution in [-0.4, -0.2) is 53.8 Å². The molecule has 0 fully saturated rings. The summed E-state index contributed by atoms with van der Waals surface area (Å²) < 4.78 is 16.1. The molecule has 1 aliphatic heterocycles. The monoisotopic (exact) mass is 521 g/mol. The van der Waals surface area contributed by atoms with Crippen molar-refractivity contribution in [2.75, 3.05) is 11.9 Å². The Kier molecular flexibility index (Phi) is 6.23. The molecule has 0 atom stereocenters. The number of rotatable bonds is 5. The Hall–Kier alpha value is -5.06. The number of nitrogens with zero attached hydrogens (tertiary/aromatic N) is 6. The minimum atomic E-state index is -0.519. The number of aromatic amines is 2. The maximum Gasteiger partial charge on any atom is 0.226 e. The van der Waals surface area contributed by atoms with Crippen LogP contribution in [0.2, 0.25) is 0 Å². The molecule has 39 heavy (non-hydrogen) atoms. The van der Waals surface area contributed by atoms with Crippen LogP contribution in [-0.2, 0) is 11.2 Å². The molecule has 6 rings (SSSR count). The van der Waals surface area contributed by atoms with Crippen LogP contribution in [0.1, 0.15) is 30.8 Å². The van der Waals surface area contributed by atoms with Crippen LogP contribution in [0.3, 0.4) is 0 Å². The maximum atomic E-state index is 16.1. The minimum Gasteiger partial charge on any atom is -0.340 e. The van der Waals surface area contributed by atoms with Crippen molar-refractivity contribution in [1.29, 1.82) is 0 Å². The van der Waals surface area contributed by atoms with Crippen molar-refractivity contribution in [3.05, 3.63) is 78.0 Å². The van der Waals surface area contributed by atoms with E-state index in [9.17, 15) is 4.79 Å². The van der Waals surface area contributed by atoms with Gasteiger partial charge in [-0.25, -0.2) is 14.4 Å². The zero-order valence-electron chi connectivity index (χ0n) is 21.2. The number of carbonyl (C=O) groups excluding carboxylic acids is 1. The van der Waals surface area contributed by atoms with Crippen LogP contribution < -0.4 is 5.32 Å². The van der Waals surface area contributed by atoms with Gasteiger partial charge < -0.3 is 10.3 Å². The lowest BCUT2D eigenvalue weighted by Crippen LogP contribution is -2.17. The molecule has 10 nitrogen and oxygen atoms in total. The van der Waals surface area contributed by atoms with Crippen molar-refractivity contribution in [3.63, 3.8) is 0 Å². The van der Waals surface area contributed by atoms with Gasteiger partial charge >= 0.3 is 0 Å². The third kappa shape index (κ3) is 4.58. The number of nitrogens with one attached hydrogen (secondary N) is 3. The molecule has 5 aromatic rings. The Morgan fingerprint density at radius 3 is 2.77 bits per heavy atom. The summed E-state index contributed by atoms with van der Waals surface area (Å²) in [7, 11) is 0. The number of aliphatic imine (C=N–C) groups is 1. The predicted molar refractivity (Wildman–Crippen MR) is 147 cm³/mol. The van der Waals surface area contributed by atoms with Crippen LogP contribution >= 0.6 is 0 Å². The van der Waals surface area contributed by atoms with E-state index in [0.29, 0.717) is 35.7 Å². The van der Waals surface area contributed by atoms with Crippen molar-refractivity contribution >= 4 is 34.4 Å². The van der Waals surface area contributed by atoms with E-state index in [-0.39, 0.29) is 28.4 Å². The number of allylic oxidation sites excluding steroid dienone is 1. The summed E-state index contributed by atoms with van der Waals surface area (Å²) in [5.41, 5.74) is 5.25. The van der Waals surface area contributed by atoms with Crippen LogP contribution in [0.5, 0.6) is 0 Å². The first-order valence-electron chi connectivity index (χ1n) is 12.5. The summed E-state index contributed by atoms with van der Waals surface area (Å²) in [5.74, 6) is -0.433. The average Bonchev–Trinajstić information content (AvgIpc) is 3.54. The largest absolute Gasteiger partial charge is 0.340 e. The maximum absolute atomic E-state index is 16.1. The Bertz CT molecular complexity index is 1750. The van der Waals surface area contributed by atoms with E-state index in [0.717, 1.165) is 22.5 Å². The zero-order valence-corrected chi connectivity index (χ0v) is 21.2. The van der Waals surface area contributed by atoms with Gasteiger partial charge in [-0.05, 0) is 29.8 Å². The number of hydrogen-bond donors (Lipinski definition) is 3. The van der Waals surface area contributed by atoms with E-state index in [2.05, 4.69) is 40.4 Å². The summed E-state index contributed by atoms with van der Waals surface area (Å²) in [4.78, 5) is 37.5. The van der Waals surface area contributed by atoms with Gasteiger partial charge in [0, 0.05) is 72.3 Å². The second kappa shape index (κ2) is 10.0. The number of fused-ring (bicyclic) bond motifs is 2. The quantitative estimate of drug-likeness (QED) is 0.309. The van der Waals surface area contributed by atoms with Crippen molar-refractivity contribution in [3.8, 4) is 22.6 Å². The number of H-pyrrole nitrogens is 2. The standard InChI is InChI=1S/C28H24FN9O/c1-15(2)28(39)34-18-11-17(12-32-13-18)20-14-33-26-22(23(20)29)25(37-38-26)27-35-21-6-10-31-9-5-19(24(21)36-27)16-3-7-30-8-4-16/h3-5,7-9,11-15H,6,10H2,1-2H3,(H,34,39)(H,35,36)(H,33,37,38)/b19-5-,31-9?. The van der Waals surface area contributed by atoms with E-state index in [1.54, 1.807) is 38.5 Å². The second-order valence-electron chi connectivity index (χ2n) is 9.42. The number of imidazole rings is 1. The molecule has 3 N–H and O–H groups in total. The lowest BCUT2D eigenvalue weighted by molar-refractivity contribution is -0.118. The molecule has 11 heteroatoms. The summed E-state index contributed by atoms with van der Waals surface area (Å²) in [6.45, 7) is 4.18. The number of anilines is 1. The molecule has 0 saturated heterocycles. The molecule has 0 aromatic carbocycles. The fourth-order valence-electron chi connectivity index (χ4n) is 4.42.